The Labute approximate surface area is 99.4 Å². The van der Waals surface area contributed by atoms with Crippen molar-refractivity contribution < 1.29 is 18.0 Å². The maximum Gasteiger partial charge on any atom is 0.389 e. The molecule has 0 aromatic carbocycles. The van der Waals surface area contributed by atoms with Gasteiger partial charge in [-0.3, -0.25) is 4.79 Å². The number of piperazine rings is 1. The maximum atomic E-state index is 11.9. The molecule has 17 heavy (non-hydrogen) atoms. The van der Waals surface area contributed by atoms with Crippen molar-refractivity contribution in [1.29, 1.82) is 0 Å². The summed E-state index contributed by atoms with van der Waals surface area (Å²) in [6.45, 7) is 5.43. The predicted molar refractivity (Wildman–Crippen MR) is 58.5 cm³/mol. The van der Waals surface area contributed by atoms with Gasteiger partial charge in [-0.15, -0.1) is 0 Å². The van der Waals surface area contributed by atoms with E-state index in [0.29, 0.717) is 13.1 Å². The third-order valence-corrected chi connectivity index (χ3v) is 3.00. The Morgan fingerprint density at radius 1 is 1.29 bits per heavy atom. The van der Waals surface area contributed by atoms with Gasteiger partial charge in [0, 0.05) is 31.6 Å². The summed E-state index contributed by atoms with van der Waals surface area (Å²) < 4.78 is 35.7. The summed E-state index contributed by atoms with van der Waals surface area (Å²) in [5.41, 5.74) is 0. The van der Waals surface area contributed by atoms with Crippen LogP contribution in [0.15, 0.2) is 0 Å². The van der Waals surface area contributed by atoms with E-state index in [2.05, 4.69) is 5.32 Å². The van der Waals surface area contributed by atoms with E-state index in [1.807, 2.05) is 13.8 Å². The van der Waals surface area contributed by atoms with Crippen molar-refractivity contribution in [1.82, 2.24) is 10.2 Å². The largest absolute Gasteiger partial charge is 0.389 e. The fourth-order valence-electron chi connectivity index (χ4n) is 2.27. The number of hydrogen-bond acceptors (Lipinski definition) is 2. The molecule has 3 fully saturated rings. The molecule has 0 spiro atoms. The van der Waals surface area contributed by atoms with Gasteiger partial charge in [0.1, 0.15) is 0 Å². The summed E-state index contributed by atoms with van der Waals surface area (Å²) in [5.74, 6) is -0.352. The summed E-state index contributed by atoms with van der Waals surface area (Å²) >= 11 is 0. The Bertz CT molecular complexity index is 254. The smallest absolute Gasteiger partial charge is 0.334 e. The molecule has 100 valence electrons. The molecule has 2 bridgehead atoms. The number of hydrogen-bond donors (Lipinski definition) is 1. The highest BCUT2D eigenvalue weighted by atomic mass is 19.4. The van der Waals surface area contributed by atoms with Gasteiger partial charge in [-0.1, -0.05) is 13.8 Å². The molecular weight excluding hydrogens is 233 g/mol. The number of rotatable bonds is 2. The van der Waals surface area contributed by atoms with E-state index >= 15 is 0 Å². The first kappa shape index (κ1) is 14.3. The lowest BCUT2D eigenvalue weighted by molar-refractivity contribution is -0.159. The van der Waals surface area contributed by atoms with Crippen molar-refractivity contribution >= 4 is 5.91 Å². The minimum Gasteiger partial charge on any atom is -0.334 e. The average molecular weight is 252 g/mol. The lowest BCUT2D eigenvalue weighted by Crippen LogP contribution is -2.69. The molecule has 3 saturated heterocycles. The molecule has 6 heteroatoms. The second kappa shape index (κ2) is 5.71. The van der Waals surface area contributed by atoms with Crippen LogP contribution in [-0.4, -0.2) is 42.2 Å². The molecule has 0 saturated carbocycles. The Kier molecular flexibility index (Phi) is 4.80. The van der Waals surface area contributed by atoms with Gasteiger partial charge in [0.2, 0.25) is 5.91 Å². The third kappa shape index (κ3) is 3.59. The number of nitrogens with one attached hydrogen (secondary N) is 1. The molecule has 3 aliphatic heterocycles. The molecule has 3 rings (SSSR count). The molecule has 0 aromatic heterocycles. The maximum absolute atomic E-state index is 11.9. The Balaban J connectivity index is 0.000000686. The van der Waals surface area contributed by atoms with Crippen LogP contribution in [-0.2, 0) is 4.79 Å². The molecule has 3 aliphatic rings. The van der Waals surface area contributed by atoms with Gasteiger partial charge < -0.3 is 10.2 Å². The number of nitrogens with zero attached hydrogens (tertiary/aromatic N) is 1. The van der Waals surface area contributed by atoms with Crippen LogP contribution in [0.25, 0.3) is 0 Å². The fraction of sp³-hybridized carbons (Fsp3) is 0.909. The summed E-state index contributed by atoms with van der Waals surface area (Å²) in [4.78, 5) is 13.1. The lowest BCUT2D eigenvalue weighted by atomic mass is 9.88. The molecule has 2 atom stereocenters. The highest BCUT2D eigenvalue weighted by Crippen LogP contribution is 2.30. The highest BCUT2D eigenvalue weighted by Gasteiger charge is 2.44. The second-order valence-corrected chi connectivity index (χ2v) is 4.12. The van der Waals surface area contributed by atoms with Crippen molar-refractivity contribution in [2.24, 2.45) is 0 Å². The van der Waals surface area contributed by atoms with E-state index in [4.69, 9.17) is 0 Å². The van der Waals surface area contributed by atoms with Crippen LogP contribution in [0.5, 0.6) is 0 Å². The summed E-state index contributed by atoms with van der Waals surface area (Å²) in [6.07, 6.45) is -4.70. The van der Waals surface area contributed by atoms with Crippen LogP contribution in [0.4, 0.5) is 13.2 Å². The number of halogens is 3. The van der Waals surface area contributed by atoms with Crippen molar-refractivity contribution in [3.63, 3.8) is 0 Å². The number of piperidine rings is 1. The third-order valence-electron chi connectivity index (χ3n) is 3.00. The predicted octanol–water partition coefficient (Wildman–Crippen LogP) is 1.93. The van der Waals surface area contributed by atoms with E-state index < -0.39 is 19.0 Å². The van der Waals surface area contributed by atoms with Gasteiger partial charge in [-0.2, -0.15) is 13.2 Å². The minimum atomic E-state index is -4.23. The monoisotopic (exact) mass is 252 g/mol. The van der Waals surface area contributed by atoms with Gasteiger partial charge in [0.05, 0.1) is 6.42 Å². The second-order valence-electron chi connectivity index (χ2n) is 4.12. The van der Waals surface area contributed by atoms with E-state index in [1.54, 1.807) is 4.90 Å². The molecule has 0 aromatic rings. The SMILES string of the molecule is CC.O=C(CCC(F)(F)F)N1C2CNCC1C2. The van der Waals surface area contributed by atoms with Crippen molar-refractivity contribution in [3.8, 4) is 0 Å². The Hall–Kier alpha value is -0.780. The first-order chi connectivity index (χ1) is 7.97. The van der Waals surface area contributed by atoms with Gasteiger partial charge in [-0.25, -0.2) is 0 Å². The number of amides is 1. The van der Waals surface area contributed by atoms with Gasteiger partial charge in [0.25, 0.3) is 0 Å². The fourth-order valence-corrected chi connectivity index (χ4v) is 2.27. The average Bonchev–Trinajstić information content (AvgIpc) is 2.29. The van der Waals surface area contributed by atoms with Crippen LogP contribution in [0.2, 0.25) is 0 Å². The molecule has 3 heterocycles. The highest BCUT2D eigenvalue weighted by molar-refractivity contribution is 5.78. The molecular formula is C11H19F3N2O. The van der Waals surface area contributed by atoms with Crippen molar-refractivity contribution in [2.75, 3.05) is 13.1 Å². The normalized spacial score (nSPS) is 26.8. The van der Waals surface area contributed by atoms with E-state index in [-0.39, 0.29) is 18.0 Å². The minimum absolute atomic E-state index is 0.129. The van der Waals surface area contributed by atoms with Crippen LogP contribution in [0, 0.1) is 0 Å². The van der Waals surface area contributed by atoms with Gasteiger partial charge in [0.15, 0.2) is 0 Å². The lowest BCUT2D eigenvalue weighted by Gasteiger charge is -2.53. The summed E-state index contributed by atoms with van der Waals surface area (Å²) in [7, 11) is 0. The molecule has 0 aliphatic carbocycles. The zero-order valence-electron chi connectivity index (χ0n) is 10.2. The first-order valence-electron chi connectivity index (χ1n) is 6.06. The van der Waals surface area contributed by atoms with Crippen molar-refractivity contribution in [2.45, 2.75) is 51.4 Å². The Morgan fingerprint density at radius 3 is 2.24 bits per heavy atom. The first-order valence-corrected chi connectivity index (χ1v) is 6.06. The zero-order chi connectivity index (χ0) is 13.1. The topological polar surface area (TPSA) is 32.3 Å². The van der Waals surface area contributed by atoms with Gasteiger partial charge in [-0.05, 0) is 6.42 Å². The number of alkyl halides is 3. The number of carbonyl (C=O) groups excluding carboxylic acids is 1. The van der Waals surface area contributed by atoms with Crippen LogP contribution in [0.3, 0.4) is 0 Å². The molecule has 0 radical (unpaired) electrons. The van der Waals surface area contributed by atoms with Crippen molar-refractivity contribution in [3.05, 3.63) is 0 Å². The quantitative estimate of drug-likeness (QED) is 0.814. The van der Waals surface area contributed by atoms with E-state index in [1.165, 1.54) is 0 Å². The van der Waals surface area contributed by atoms with E-state index in [0.717, 1.165) is 6.42 Å². The Morgan fingerprint density at radius 2 is 1.82 bits per heavy atom. The molecule has 1 N–H and O–H groups in total. The standard InChI is InChI=1S/C9H13F3N2O.C2H6/c10-9(11,12)2-1-8(15)14-6-3-7(14)5-13-4-6;1-2/h6-7,13H,1-5H2;1-2H3. The summed E-state index contributed by atoms with van der Waals surface area (Å²) in [5, 5.41) is 3.13. The summed E-state index contributed by atoms with van der Waals surface area (Å²) in [6, 6.07) is 0.258. The molecule has 1 amide bonds. The number of carbonyl (C=O) groups is 1. The number of fused-ring (bicyclic) bond motifs is 2. The zero-order valence-corrected chi connectivity index (χ0v) is 10.2. The van der Waals surface area contributed by atoms with E-state index in [9.17, 15) is 18.0 Å². The van der Waals surface area contributed by atoms with Crippen LogP contribution in [0.1, 0.15) is 33.1 Å². The molecule has 2 unspecified atom stereocenters. The van der Waals surface area contributed by atoms with Crippen LogP contribution < -0.4 is 5.32 Å². The molecule has 3 nitrogen and oxygen atoms in total. The van der Waals surface area contributed by atoms with Crippen LogP contribution >= 0.6 is 0 Å². The van der Waals surface area contributed by atoms with Gasteiger partial charge >= 0.3 is 6.18 Å².